The van der Waals surface area contributed by atoms with E-state index in [1.54, 1.807) is 30.3 Å². The fourth-order valence-electron chi connectivity index (χ4n) is 2.65. The van der Waals surface area contributed by atoms with Gasteiger partial charge >= 0.3 is 0 Å². The lowest BCUT2D eigenvalue weighted by Gasteiger charge is -2.28. The van der Waals surface area contributed by atoms with E-state index in [0.29, 0.717) is 17.0 Å². The number of hydrogen-bond donors (Lipinski definition) is 3. The minimum Gasteiger partial charge on any atom is -0.349 e. The second kappa shape index (κ2) is 8.18. The Labute approximate surface area is 153 Å². The molecule has 1 aliphatic heterocycles. The molecular formula is C18H18FN3O3S. The summed E-state index contributed by atoms with van der Waals surface area (Å²) in [6.07, 6.45) is 0.281. The van der Waals surface area contributed by atoms with E-state index in [4.69, 9.17) is 0 Å². The van der Waals surface area contributed by atoms with Gasteiger partial charge in [-0.2, -0.15) is 0 Å². The van der Waals surface area contributed by atoms with E-state index in [-0.39, 0.29) is 36.2 Å². The first kappa shape index (κ1) is 18.2. The van der Waals surface area contributed by atoms with Gasteiger partial charge in [-0.15, -0.1) is 11.8 Å². The van der Waals surface area contributed by atoms with Crippen LogP contribution in [-0.2, 0) is 22.6 Å². The third-order valence-electron chi connectivity index (χ3n) is 4.03. The number of carbonyl (C=O) groups is 2. The molecule has 1 aromatic heterocycles. The summed E-state index contributed by atoms with van der Waals surface area (Å²) in [5, 5.41) is 4.95. The van der Waals surface area contributed by atoms with Crippen molar-refractivity contribution in [3.63, 3.8) is 0 Å². The maximum atomic E-state index is 13.7. The summed E-state index contributed by atoms with van der Waals surface area (Å²) in [4.78, 5) is 38.3. The highest BCUT2D eigenvalue weighted by Gasteiger charge is 2.32. The summed E-state index contributed by atoms with van der Waals surface area (Å²) in [6.45, 7) is 0.171. The quantitative estimate of drug-likeness (QED) is 0.726. The van der Waals surface area contributed by atoms with Gasteiger partial charge < -0.3 is 15.6 Å². The van der Waals surface area contributed by atoms with Crippen molar-refractivity contribution in [2.24, 2.45) is 0 Å². The number of hydrogen-bond acceptors (Lipinski definition) is 4. The fourth-order valence-corrected chi connectivity index (χ4v) is 3.83. The largest absolute Gasteiger partial charge is 0.349 e. The second-order valence-corrected chi connectivity index (χ2v) is 7.17. The first-order chi connectivity index (χ1) is 12.5. The minimum absolute atomic E-state index is 0.171. The Balaban J connectivity index is 1.53. The van der Waals surface area contributed by atoms with Crippen molar-refractivity contribution >= 4 is 23.6 Å². The van der Waals surface area contributed by atoms with Gasteiger partial charge in [0.1, 0.15) is 11.9 Å². The van der Waals surface area contributed by atoms with Gasteiger partial charge in [-0.3, -0.25) is 14.4 Å². The van der Waals surface area contributed by atoms with Crippen LogP contribution in [0.25, 0.3) is 0 Å². The summed E-state index contributed by atoms with van der Waals surface area (Å²) in [6, 6.07) is 10.4. The first-order valence-corrected chi connectivity index (χ1v) is 9.19. The molecule has 0 saturated carbocycles. The first-order valence-electron chi connectivity index (χ1n) is 8.14. The van der Waals surface area contributed by atoms with Gasteiger partial charge in [0.2, 0.25) is 17.4 Å². The highest BCUT2D eigenvalue weighted by atomic mass is 32.2. The smallest absolute Gasteiger partial charge is 0.248 e. The molecule has 136 valence electrons. The zero-order valence-corrected chi connectivity index (χ0v) is 14.6. The summed E-state index contributed by atoms with van der Waals surface area (Å²) >= 11 is 1.34. The number of thioether (sulfide) groups is 1. The summed E-state index contributed by atoms with van der Waals surface area (Å²) in [5.74, 6) is -0.530. The van der Waals surface area contributed by atoms with E-state index in [1.165, 1.54) is 23.9 Å². The van der Waals surface area contributed by atoms with E-state index in [0.717, 1.165) is 0 Å². The number of aromatic nitrogens is 1. The van der Waals surface area contributed by atoms with Crippen LogP contribution in [0.2, 0.25) is 0 Å². The number of rotatable bonds is 5. The molecule has 1 saturated heterocycles. The zero-order valence-electron chi connectivity index (χ0n) is 13.8. The lowest BCUT2D eigenvalue weighted by molar-refractivity contribution is -0.128. The van der Waals surface area contributed by atoms with E-state index >= 15 is 0 Å². The van der Waals surface area contributed by atoms with Crippen LogP contribution in [0.15, 0.2) is 47.3 Å². The number of aromatic amines is 1. The molecule has 6 nitrogen and oxygen atoms in total. The average Bonchev–Trinajstić information content (AvgIpc) is 2.63. The van der Waals surface area contributed by atoms with Gasteiger partial charge in [0.05, 0.1) is 11.8 Å². The molecule has 2 amide bonds. The van der Waals surface area contributed by atoms with Crippen molar-refractivity contribution < 1.29 is 14.0 Å². The van der Waals surface area contributed by atoms with E-state index < -0.39 is 11.3 Å². The van der Waals surface area contributed by atoms with Crippen molar-refractivity contribution in [2.45, 2.75) is 24.3 Å². The predicted molar refractivity (Wildman–Crippen MR) is 97.2 cm³/mol. The lowest BCUT2D eigenvalue weighted by Crippen LogP contribution is -2.54. The molecule has 0 aliphatic carbocycles. The molecule has 2 atom stereocenters. The van der Waals surface area contributed by atoms with Crippen LogP contribution in [0.4, 0.5) is 4.39 Å². The Morgan fingerprint density at radius 1 is 1.19 bits per heavy atom. The van der Waals surface area contributed by atoms with Crippen LogP contribution in [0.3, 0.4) is 0 Å². The highest BCUT2D eigenvalue weighted by Crippen LogP contribution is 2.23. The van der Waals surface area contributed by atoms with Crippen LogP contribution in [-0.4, -0.2) is 33.8 Å². The molecular weight excluding hydrogens is 357 g/mol. The lowest BCUT2D eigenvalue weighted by atomic mass is 10.1. The fraction of sp³-hybridized carbons (Fsp3) is 0.278. The molecule has 0 bridgehead atoms. The standard InChI is InChI=1S/C18H18FN3O3S/c19-13-6-2-1-4-11(13)8-15-18(25)22-14(10-26-15)17(24)20-9-12-5-3-7-16(23)21-12/h1-7,14-15H,8-10H2,(H,20,24)(H,21,23)(H,22,25). The maximum Gasteiger partial charge on any atom is 0.248 e. The van der Waals surface area contributed by atoms with Crippen LogP contribution in [0.1, 0.15) is 11.3 Å². The van der Waals surface area contributed by atoms with E-state index in [1.807, 2.05) is 0 Å². The molecule has 2 unspecified atom stereocenters. The number of nitrogens with one attached hydrogen (secondary N) is 3. The third-order valence-corrected chi connectivity index (χ3v) is 5.34. The number of benzene rings is 1. The molecule has 8 heteroatoms. The zero-order chi connectivity index (χ0) is 18.5. The van der Waals surface area contributed by atoms with Gasteiger partial charge in [-0.05, 0) is 24.1 Å². The average molecular weight is 375 g/mol. The maximum absolute atomic E-state index is 13.7. The summed E-state index contributed by atoms with van der Waals surface area (Å²) in [7, 11) is 0. The molecule has 26 heavy (non-hydrogen) atoms. The normalized spacial score (nSPS) is 19.7. The van der Waals surface area contributed by atoms with Crippen molar-refractivity contribution in [2.75, 3.05) is 5.75 Å². The van der Waals surface area contributed by atoms with Gasteiger partial charge in [-0.25, -0.2) is 4.39 Å². The number of carbonyl (C=O) groups excluding carboxylic acids is 2. The van der Waals surface area contributed by atoms with Gasteiger partial charge in [-0.1, -0.05) is 24.3 Å². The molecule has 3 rings (SSSR count). The minimum atomic E-state index is -0.653. The van der Waals surface area contributed by atoms with Crippen LogP contribution < -0.4 is 16.2 Å². The molecule has 0 radical (unpaired) electrons. The van der Waals surface area contributed by atoms with E-state index in [2.05, 4.69) is 15.6 Å². The molecule has 1 fully saturated rings. The van der Waals surface area contributed by atoms with E-state index in [9.17, 15) is 18.8 Å². The van der Waals surface area contributed by atoms with Crippen molar-refractivity contribution in [3.8, 4) is 0 Å². The topological polar surface area (TPSA) is 91.1 Å². The Bertz CT molecular complexity index is 871. The molecule has 2 aromatic rings. The molecule has 3 N–H and O–H groups in total. The Hall–Kier alpha value is -2.61. The third kappa shape index (κ3) is 4.51. The van der Waals surface area contributed by atoms with Gasteiger partial charge in [0.25, 0.3) is 0 Å². The van der Waals surface area contributed by atoms with Crippen LogP contribution in [0.5, 0.6) is 0 Å². The van der Waals surface area contributed by atoms with Gasteiger partial charge in [0.15, 0.2) is 0 Å². The van der Waals surface area contributed by atoms with Crippen molar-refractivity contribution in [3.05, 3.63) is 69.9 Å². The van der Waals surface area contributed by atoms with Gasteiger partial charge in [0, 0.05) is 17.5 Å². The molecule has 0 spiro atoms. The molecule has 2 heterocycles. The van der Waals surface area contributed by atoms with Crippen LogP contribution >= 0.6 is 11.8 Å². The highest BCUT2D eigenvalue weighted by molar-refractivity contribution is 8.00. The number of H-pyrrole nitrogens is 1. The summed E-state index contributed by atoms with van der Waals surface area (Å²) < 4.78 is 13.7. The molecule has 1 aromatic carbocycles. The monoisotopic (exact) mass is 375 g/mol. The number of pyridine rings is 1. The van der Waals surface area contributed by atoms with Crippen molar-refractivity contribution in [1.29, 1.82) is 0 Å². The number of amides is 2. The number of halogens is 1. The van der Waals surface area contributed by atoms with Crippen LogP contribution in [0, 0.1) is 5.82 Å². The molecule has 1 aliphatic rings. The second-order valence-electron chi connectivity index (χ2n) is 5.94. The Morgan fingerprint density at radius 2 is 2.00 bits per heavy atom. The van der Waals surface area contributed by atoms with Crippen molar-refractivity contribution in [1.82, 2.24) is 15.6 Å². The Morgan fingerprint density at radius 3 is 2.73 bits per heavy atom. The SMILES string of the molecule is O=C(NCc1cccc(=O)[nH]1)C1CSC(Cc2ccccc2F)C(=O)N1. The summed E-state index contributed by atoms with van der Waals surface area (Å²) in [5.41, 5.74) is 0.823. The predicted octanol–water partition coefficient (Wildman–Crippen LogP) is 0.973. The Kier molecular flexibility index (Phi) is 5.72.